The molecule has 2 aromatic carbocycles. The minimum Gasteiger partial charge on any atom is -0.497 e. The van der Waals surface area contributed by atoms with Crippen LogP contribution in [-0.2, 0) is 0 Å². The monoisotopic (exact) mass is 324 g/mol. The van der Waals surface area contributed by atoms with Crippen LogP contribution in [0, 0.1) is 12.1 Å². The molecule has 0 bridgehead atoms. The molecule has 0 amide bonds. The summed E-state index contributed by atoms with van der Waals surface area (Å²) in [6.07, 6.45) is 4.01. The maximum Gasteiger partial charge on any atom is 0.402 e. The number of ether oxygens (including phenoxy) is 2. The largest absolute Gasteiger partial charge is 0.497 e. The molecule has 0 aliphatic heterocycles. The van der Waals surface area contributed by atoms with Crippen LogP contribution >= 0.6 is 0 Å². The molecule has 0 unspecified atom stereocenters. The van der Waals surface area contributed by atoms with Gasteiger partial charge < -0.3 is 14.7 Å². The third kappa shape index (κ3) is 3.55. The minimum atomic E-state index is 0.159. The quantitative estimate of drug-likeness (QED) is 0.530. The van der Waals surface area contributed by atoms with Crippen LogP contribution < -0.4 is 14.4 Å². The molecule has 6 heteroatoms. The first kappa shape index (κ1) is 15.6. The van der Waals surface area contributed by atoms with E-state index in [1.807, 2.05) is 48.6 Å². The van der Waals surface area contributed by atoms with Gasteiger partial charge >= 0.3 is 5.88 Å². The van der Waals surface area contributed by atoms with Crippen LogP contribution in [0.2, 0.25) is 0 Å². The number of benzene rings is 2. The second-order valence-corrected chi connectivity index (χ2v) is 5.10. The predicted molar refractivity (Wildman–Crippen MR) is 88.6 cm³/mol. The van der Waals surface area contributed by atoms with E-state index in [-0.39, 0.29) is 11.6 Å². The van der Waals surface area contributed by atoms with Crippen molar-refractivity contribution in [2.45, 2.75) is 6.92 Å². The number of nitrogens with zero attached hydrogens (tertiary/aromatic N) is 2. The lowest BCUT2D eigenvalue weighted by Crippen LogP contribution is -2.25. The Morgan fingerprint density at radius 3 is 1.96 bits per heavy atom. The van der Waals surface area contributed by atoms with Crippen LogP contribution in [0.3, 0.4) is 0 Å². The van der Waals surface area contributed by atoms with Crippen LogP contribution in [0.4, 0.5) is 0 Å². The summed E-state index contributed by atoms with van der Waals surface area (Å²) in [7, 11) is 1.64. The van der Waals surface area contributed by atoms with E-state index < -0.39 is 0 Å². The van der Waals surface area contributed by atoms with Gasteiger partial charge in [0.05, 0.1) is 12.3 Å². The molecule has 6 nitrogen and oxygen atoms in total. The fourth-order valence-electron chi connectivity index (χ4n) is 2.04. The van der Waals surface area contributed by atoms with Crippen molar-refractivity contribution in [2.75, 3.05) is 7.11 Å². The SMILES string of the molecule is COc1ccc(/C=C/c2ccc(Oc3no[n+]([O-])c3C)cc2)cc1. The van der Waals surface area contributed by atoms with Gasteiger partial charge in [0.15, 0.2) is 0 Å². The molecule has 3 aromatic rings. The molecule has 0 aliphatic rings. The second kappa shape index (κ2) is 6.87. The lowest BCUT2D eigenvalue weighted by Gasteiger charge is -2.01. The summed E-state index contributed by atoms with van der Waals surface area (Å²) in [6, 6.07) is 15.2. The average molecular weight is 324 g/mol. The van der Waals surface area contributed by atoms with Crippen molar-refractivity contribution in [2.24, 2.45) is 0 Å². The third-order valence-corrected chi connectivity index (χ3v) is 3.46. The molecule has 1 aromatic heterocycles. The Bertz CT molecular complexity index is 836. The summed E-state index contributed by atoms with van der Waals surface area (Å²) in [5, 5.41) is 14.7. The molecule has 0 N–H and O–H groups in total. The van der Waals surface area contributed by atoms with Crippen molar-refractivity contribution < 1.29 is 19.0 Å². The number of aromatic nitrogens is 2. The topological polar surface area (TPSA) is 71.4 Å². The Balaban J connectivity index is 1.67. The standard InChI is InChI=1S/C18H16N2O4/c1-13-18(19-24-20(13)21)23-17-11-7-15(8-12-17)4-3-14-5-9-16(22-2)10-6-14/h3-12H,1-2H3/b4-3+. The van der Waals surface area contributed by atoms with E-state index in [1.165, 1.54) is 0 Å². The highest BCUT2D eigenvalue weighted by Gasteiger charge is 2.16. The van der Waals surface area contributed by atoms with Crippen molar-refractivity contribution in [1.82, 2.24) is 5.16 Å². The van der Waals surface area contributed by atoms with Gasteiger partial charge in [-0.05, 0) is 40.3 Å². The Hall–Kier alpha value is -3.28. The predicted octanol–water partition coefficient (Wildman–Crippen LogP) is 3.59. The minimum absolute atomic E-state index is 0.159. The van der Waals surface area contributed by atoms with Crippen molar-refractivity contribution in [3.05, 3.63) is 70.6 Å². The Morgan fingerprint density at radius 1 is 0.958 bits per heavy atom. The van der Waals surface area contributed by atoms with Crippen LogP contribution in [0.1, 0.15) is 16.8 Å². The molecule has 0 fully saturated rings. The Morgan fingerprint density at radius 2 is 1.50 bits per heavy atom. The molecule has 1 heterocycles. The first-order valence-electron chi connectivity index (χ1n) is 7.32. The molecule has 0 radical (unpaired) electrons. The second-order valence-electron chi connectivity index (χ2n) is 5.10. The molecule has 3 rings (SSSR count). The van der Waals surface area contributed by atoms with E-state index in [1.54, 1.807) is 26.2 Å². The lowest BCUT2D eigenvalue weighted by molar-refractivity contribution is -0.806. The number of methoxy groups -OCH3 is 1. The van der Waals surface area contributed by atoms with Crippen LogP contribution in [-0.4, -0.2) is 12.3 Å². The average Bonchev–Trinajstić information content (AvgIpc) is 2.94. The normalized spacial score (nSPS) is 10.9. The molecule has 0 saturated carbocycles. The summed E-state index contributed by atoms with van der Waals surface area (Å²) in [4.78, 5) is 0.307. The summed E-state index contributed by atoms with van der Waals surface area (Å²) < 4.78 is 15.1. The molecule has 0 atom stereocenters. The maximum absolute atomic E-state index is 11.1. The van der Waals surface area contributed by atoms with E-state index in [4.69, 9.17) is 9.47 Å². The summed E-state index contributed by atoms with van der Waals surface area (Å²) >= 11 is 0. The zero-order valence-corrected chi connectivity index (χ0v) is 13.3. The van der Waals surface area contributed by atoms with Crippen molar-refractivity contribution in [1.29, 1.82) is 0 Å². The van der Waals surface area contributed by atoms with Gasteiger partial charge in [-0.3, -0.25) is 4.63 Å². The van der Waals surface area contributed by atoms with Crippen molar-refractivity contribution >= 4 is 12.2 Å². The first-order chi connectivity index (χ1) is 11.7. The third-order valence-electron chi connectivity index (χ3n) is 3.46. The zero-order chi connectivity index (χ0) is 16.9. The van der Waals surface area contributed by atoms with E-state index in [9.17, 15) is 5.21 Å². The van der Waals surface area contributed by atoms with Gasteiger partial charge in [0.2, 0.25) is 5.69 Å². The van der Waals surface area contributed by atoms with E-state index >= 15 is 0 Å². The summed E-state index contributed by atoms with van der Waals surface area (Å²) in [5.74, 6) is 1.57. The number of hydrogen-bond acceptors (Lipinski definition) is 5. The first-order valence-corrected chi connectivity index (χ1v) is 7.32. The highest BCUT2D eigenvalue weighted by molar-refractivity contribution is 5.70. The van der Waals surface area contributed by atoms with Crippen LogP contribution in [0.5, 0.6) is 17.4 Å². The molecule has 0 aliphatic carbocycles. The summed E-state index contributed by atoms with van der Waals surface area (Å²) in [6.45, 7) is 1.57. The molecule has 24 heavy (non-hydrogen) atoms. The van der Waals surface area contributed by atoms with Gasteiger partial charge in [-0.15, -0.1) is 0 Å². The highest BCUT2D eigenvalue weighted by Crippen LogP contribution is 2.22. The van der Waals surface area contributed by atoms with Gasteiger partial charge in [-0.1, -0.05) is 36.4 Å². The van der Waals surface area contributed by atoms with Crippen molar-refractivity contribution in [3.63, 3.8) is 0 Å². The smallest absolute Gasteiger partial charge is 0.402 e. The molecular weight excluding hydrogens is 308 g/mol. The fourth-order valence-corrected chi connectivity index (χ4v) is 2.04. The van der Waals surface area contributed by atoms with Gasteiger partial charge in [0.1, 0.15) is 11.5 Å². The zero-order valence-electron chi connectivity index (χ0n) is 13.3. The van der Waals surface area contributed by atoms with Gasteiger partial charge in [-0.2, -0.15) is 0 Å². The highest BCUT2D eigenvalue weighted by atomic mass is 16.8. The molecular formula is C18H16N2O4. The Labute approximate surface area is 139 Å². The van der Waals surface area contributed by atoms with Crippen LogP contribution in [0.15, 0.2) is 53.2 Å². The molecule has 122 valence electrons. The van der Waals surface area contributed by atoms with Gasteiger partial charge in [0.25, 0.3) is 0 Å². The van der Waals surface area contributed by atoms with Crippen LogP contribution in [0.25, 0.3) is 12.2 Å². The van der Waals surface area contributed by atoms with Gasteiger partial charge in [-0.25, -0.2) is 0 Å². The molecule has 0 spiro atoms. The summed E-state index contributed by atoms with van der Waals surface area (Å²) in [5.41, 5.74) is 2.38. The molecule has 0 saturated heterocycles. The lowest BCUT2D eigenvalue weighted by atomic mass is 10.1. The number of hydrogen-bond donors (Lipinski definition) is 0. The van der Waals surface area contributed by atoms with E-state index in [0.717, 1.165) is 16.9 Å². The maximum atomic E-state index is 11.1. The van der Waals surface area contributed by atoms with Crippen molar-refractivity contribution in [3.8, 4) is 17.4 Å². The number of rotatable bonds is 5. The van der Waals surface area contributed by atoms with E-state index in [2.05, 4.69) is 9.79 Å². The fraction of sp³-hybridized carbons (Fsp3) is 0.111. The van der Waals surface area contributed by atoms with Gasteiger partial charge in [0, 0.05) is 6.92 Å². The van der Waals surface area contributed by atoms with E-state index in [0.29, 0.717) is 10.7 Å². The Kier molecular flexibility index (Phi) is 4.47.